The topological polar surface area (TPSA) is 61.3 Å². The minimum absolute atomic E-state index is 0.434. The van der Waals surface area contributed by atoms with E-state index in [1.807, 2.05) is 6.92 Å². The van der Waals surface area contributed by atoms with Gasteiger partial charge in [-0.05, 0) is 26.3 Å². The van der Waals surface area contributed by atoms with E-state index in [2.05, 4.69) is 4.98 Å². The average molecular weight is 210 g/mol. The standard InChI is InChI=1S/C11H18N2O2/c1-8-10(2-5-12)15-11(13-8)9-3-6-14-7-4-9/h9H,2-7,12H2,1H3. The van der Waals surface area contributed by atoms with Gasteiger partial charge in [-0.25, -0.2) is 4.98 Å². The fourth-order valence-corrected chi connectivity index (χ4v) is 1.93. The second-order valence-corrected chi connectivity index (χ2v) is 3.99. The summed E-state index contributed by atoms with van der Waals surface area (Å²) >= 11 is 0. The lowest BCUT2D eigenvalue weighted by atomic mass is 10.0. The van der Waals surface area contributed by atoms with Gasteiger partial charge in [0.05, 0.1) is 5.69 Å². The molecule has 0 atom stereocenters. The second-order valence-electron chi connectivity index (χ2n) is 3.99. The highest BCUT2D eigenvalue weighted by atomic mass is 16.5. The molecule has 0 spiro atoms. The molecule has 1 aliphatic heterocycles. The Balaban J connectivity index is 2.10. The number of rotatable bonds is 3. The van der Waals surface area contributed by atoms with Crippen LogP contribution in [-0.4, -0.2) is 24.7 Å². The van der Waals surface area contributed by atoms with E-state index in [4.69, 9.17) is 14.9 Å². The number of oxazole rings is 1. The summed E-state index contributed by atoms with van der Waals surface area (Å²) in [4.78, 5) is 4.48. The van der Waals surface area contributed by atoms with Crippen LogP contribution in [0.3, 0.4) is 0 Å². The Morgan fingerprint density at radius 1 is 1.40 bits per heavy atom. The van der Waals surface area contributed by atoms with Gasteiger partial charge in [0, 0.05) is 25.6 Å². The molecule has 15 heavy (non-hydrogen) atoms. The molecule has 1 fully saturated rings. The highest BCUT2D eigenvalue weighted by Gasteiger charge is 2.21. The summed E-state index contributed by atoms with van der Waals surface area (Å²) in [7, 11) is 0. The fraction of sp³-hybridized carbons (Fsp3) is 0.727. The van der Waals surface area contributed by atoms with Crippen LogP contribution in [-0.2, 0) is 11.2 Å². The van der Waals surface area contributed by atoms with Gasteiger partial charge in [0.15, 0.2) is 5.89 Å². The molecule has 0 amide bonds. The minimum Gasteiger partial charge on any atom is -0.445 e. The van der Waals surface area contributed by atoms with Gasteiger partial charge in [-0.15, -0.1) is 0 Å². The Bertz CT molecular complexity index is 316. The monoisotopic (exact) mass is 210 g/mol. The lowest BCUT2D eigenvalue weighted by Crippen LogP contribution is -2.14. The minimum atomic E-state index is 0.434. The van der Waals surface area contributed by atoms with E-state index in [-0.39, 0.29) is 0 Å². The van der Waals surface area contributed by atoms with Crippen LogP contribution in [0.1, 0.15) is 36.1 Å². The molecule has 0 unspecified atom stereocenters. The van der Waals surface area contributed by atoms with Crippen LogP contribution in [0.15, 0.2) is 4.42 Å². The van der Waals surface area contributed by atoms with E-state index in [1.165, 1.54) is 0 Å². The van der Waals surface area contributed by atoms with Gasteiger partial charge >= 0.3 is 0 Å². The Morgan fingerprint density at radius 2 is 2.13 bits per heavy atom. The third-order valence-corrected chi connectivity index (χ3v) is 2.85. The maximum absolute atomic E-state index is 5.75. The predicted octanol–water partition coefficient (Wildman–Crippen LogP) is 1.38. The maximum Gasteiger partial charge on any atom is 0.197 e. The zero-order valence-corrected chi connectivity index (χ0v) is 9.16. The third-order valence-electron chi connectivity index (χ3n) is 2.85. The van der Waals surface area contributed by atoms with E-state index in [0.717, 1.165) is 49.8 Å². The van der Waals surface area contributed by atoms with Crippen molar-refractivity contribution in [3.8, 4) is 0 Å². The molecule has 4 nitrogen and oxygen atoms in total. The van der Waals surface area contributed by atoms with Crippen molar-refractivity contribution in [3.63, 3.8) is 0 Å². The summed E-state index contributed by atoms with van der Waals surface area (Å²) < 4.78 is 11.1. The first-order valence-electron chi connectivity index (χ1n) is 5.55. The number of ether oxygens (including phenoxy) is 1. The quantitative estimate of drug-likeness (QED) is 0.818. The van der Waals surface area contributed by atoms with Crippen LogP contribution in [0.5, 0.6) is 0 Å². The van der Waals surface area contributed by atoms with Gasteiger partial charge in [-0.2, -0.15) is 0 Å². The highest BCUT2D eigenvalue weighted by molar-refractivity contribution is 5.10. The SMILES string of the molecule is Cc1nc(C2CCOCC2)oc1CCN. The van der Waals surface area contributed by atoms with E-state index < -0.39 is 0 Å². The third kappa shape index (κ3) is 2.38. The molecule has 2 heterocycles. The number of nitrogens with zero attached hydrogens (tertiary/aromatic N) is 1. The van der Waals surface area contributed by atoms with Crippen LogP contribution in [0.4, 0.5) is 0 Å². The number of nitrogens with two attached hydrogens (primary N) is 1. The van der Waals surface area contributed by atoms with E-state index in [1.54, 1.807) is 0 Å². The van der Waals surface area contributed by atoms with Crippen LogP contribution >= 0.6 is 0 Å². The lowest BCUT2D eigenvalue weighted by Gasteiger charge is -2.18. The van der Waals surface area contributed by atoms with Crippen molar-refractivity contribution in [1.29, 1.82) is 0 Å². The van der Waals surface area contributed by atoms with Gasteiger partial charge in [0.1, 0.15) is 5.76 Å². The molecule has 1 aliphatic rings. The molecule has 84 valence electrons. The van der Waals surface area contributed by atoms with Crippen molar-refractivity contribution in [2.75, 3.05) is 19.8 Å². The highest BCUT2D eigenvalue weighted by Crippen LogP contribution is 2.27. The Labute approximate surface area is 89.8 Å². The molecule has 0 radical (unpaired) electrons. The van der Waals surface area contributed by atoms with E-state index >= 15 is 0 Å². The van der Waals surface area contributed by atoms with Gasteiger partial charge in [-0.1, -0.05) is 0 Å². The van der Waals surface area contributed by atoms with Gasteiger partial charge < -0.3 is 14.9 Å². The molecule has 1 aromatic heterocycles. The summed E-state index contributed by atoms with van der Waals surface area (Å²) in [5, 5.41) is 0. The van der Waals surface area contributed by atoms with Crippen molar-refractivity contribution in [3.05, 3.63) is 17.3 Å². The van der Waals surface area contributed by atoms with Gasteiger partial charge in [0.2, 0.25) is 0 Å². The summed E-state index contributed by atoms with van der Waals surface area (Å²) in [6.07, 6.45) is 2.81. The molecule has 2 N–H and O–H groups in total. The predicted molar refractivity (Wildman–Crippen MR) is 56.8 cm³/mol. The average Bonchev–Trinajstić information content (AvgIpc) is 2.63. The number of hydrogen-bond donors (Lipinski definition) is 1. The number of hydrogen-bond acceptors (Lipinski definition) is 4. The van der Waals surface area contributed by atoms with Gasteiger partial charge in [0.25, 0.3) is 0 Å². The van der Waals surface area contributed by atoms with Crippen molar-refractivity contribution in [2.24, 2.45) is 5.73 Å². The van der Waals surface area contributed by atoms with Crippen LogP contribution in [0, 0.1) is 6.92 Å². The fourth-order valence-electron chi connectivity index (χ4n) is 1.93. The molecular weight excluding hydrogens is 192 g/mol. The summed E-state index contributed by atoms with van der Waals surface area (Å²) in [5.41, 5.74) is 6.50. The molecule has 0 aromatic carbocycles. The number of aromatic nitrogens is 1. The molecule has 0 bridgehead atoms. The summed E-state index contributed by atoms with van der Waals surface area (Å²) in [5.74, 6) is 2.25. The smallest absolute Gasteiger partial charge is 0.197 e. The van der Waals surface area contributed by atoms with Crippen LogP contribution in [0.25, 0.3) is 0 Å². The first kappa shape index (κ1) is 10.6. The Kier molecular flexibility index (Phi) is 3.38. The van der Waals surface area contributed by atoms with Gasteiger partial charge in [-0.3, -0.25) is 0 Å². The van der Waals surface area contributed by atoms with E-state index in [9.17, 15) is 0 Å². The molecular formula is C11H18N2O2. The lowest BCUT2D eigenvalue weighted by molar-refractivity contribution is 0.0791. The zero-order valence-electron chi connectivity index (χ0n) is 9.16. The zero-order chi connectivity index (χ0) is 10.7. The normalized spacial score (nSPS) is 18.3. The number of aryl methyl sites for hydroxylation is 1. The van der Waals surface area contributed by atoms with Crippen molar-refractivity contribution < 1.29 is 9.15 Å². The first-order valence-corrected chi connectivity index (χ1v) is 5.55. The van der Waals surface area contributed by atoms with Crippen LogP contribution in [0.2, 0.25) is 0 Å². The molecule has 1 saturated heterocycles. The van der Waals surface area contributed by atoms with E-state index in [0.29, 0.717) is 12.5 Å². The second kappa shape index (κ2) is 4.77. The van der Waals surface area contributed by atoms with Crippen molar-refractivity contribution in [1.82, 2.24) is 4.98 Å². The largest absolute Gasteiger partial charge is 0.445 e. The molecule has 4 heteroatoms. The summed E-state index contributed by atoms with van der Waals surface area (Å²) in [6.45, 7) is 4.23. The van der Waals surface area contributed by atoms with Crippen molar-refractivity contribution >= 4 is 0 Å². The molecule has 0 saturated carbocycles. The molecule has 1 aromatic rings. The first-order chi connectivity index (χ1) is 7.31. The molecule has 0 aliphatic carbocycles. The van der Waals surface area contributed by atoms with Crippen LogP contribution < -0.4 is 5.73 Å². The van der Waals surface area contributed by atoms with Crippen molar-refractivity contribution in [2.45, 2.75) is 32.1 Å². The summed E-state index contributed by atoms with van der Waals surface area (Å²) in [6, 6.07) is 0. The maximum atomic E-state index is 5.75. The Hall–Kier alpha value is -0.870. The Morgan fingerprint density at radius 3 is 2.80 bits per heavy atom. The molecule has 2 rings (SSSR count).